The standard InChI is InChI=1S/C26H30ClF2N5O3/c1-26(2,3)22-15-23(34(32-22)21-9-6-5-8-18(21)27)31-24(35)16-33(12-7-13-37-4)25(36)30-20-11-10-17(28)14-19(20)29/h5-6,8-11,14-15H,7,12-13,16H2,1-4H3,(H,30,36)(H,31,35). The third kappa shape index (κ3) is 7.50. The molecule has 0 spiro atoms. The molecule has 0 aliphatic rings. The fourth-order valence-electron chi connectivity index (χ4n) is 3.44. The number of benzene rings is 2. The van der Waals surface area contributed by atoms with E-state index in [1.807, 2.05) is 26.8 Å². The quantitative estimate of drug-likeness (QED) is 0.350. The highest BCUT2D eigenvalue weighted by molar-refractivity contribution is 6.32. The summed E-state index contributed by atoms with van der Waals surface area (Å²) in [6.45, 7) is 6.16. The lowest BCUT2D eigenvalue weighted by Crippen LogP contribution is -2.41. The number of methoxy groups -OCH3 is 1. The molecule has 0 saturated carbocycles. The van der Waals surface area contributed by atoms with E-state index in [0.717, 1.165) is 17.8 Å². The van der Waals surface area contributed by atoms with Gasteiger partial charge in [-0.15, -0.1) is 0 Å². The Hall–Kier alpha value is -3.50. The number of para-hydroxylation sites is 1. The predicted octanol–water partition coefficient (Wildman–Crippen LogP) is 5.61. The van der Waals surface area contributed by atoms with Crippen molar-refractivity contribution < 1.29 is 23.1 Å². The first-order chi connectivity index (χ1) is 17.5. The van der Waals surface area contributed by atoms with Gasteiger partial charge in [-0.3, -0.25) is 4.79 Å². The van der Waals surface area contributed by atoms with Gasteiger partial charge in [-0.2, -0.15) is 5.10 Å². The molecule has 0 saturated heterocycles. The van der Waals surface area contributed by atoms with E-state index in [2.05, 4.69) is 15.7 Å². The normalized spacial score (nSPS) is 11.3. The molecule has 3 amide bonds. The Morgan fingerprint density at radius 2 is 1.84 bits per heavy atom. The lowest BCUT2D eigenvalue weighted by atomic mass is 9.92. The van der Waals surface area contributed by atoms with Crippen LogP contribution in [-0.4, -0.2) is 53.4 Å². The Morgan fingerprint density at radius 3 is 2.49 bits per heavy atom. The maximum atomic E-state index is 14.1. The lowest BCUT2D eigenvalue weighted by molar-refractivity contribution is -0.116. The van der Waals surface area contributed by atoms with Crippen molar-refractivity contribution in [2.75, 3.05) is 37.4 Å². The zero-order valence-electron chi connectivity index (χ0n) is 21.1. The molecule has 2 N–H and O–H groups in total. The number of rotatable bonds is 9. The van der Waals surface area contributed by atoms with Crippen molar-refractivity contribution in [2.45, 2.75) is 32.6 Å². The van der Waals surface area contributed by atoms with E-state index in [1.54, 1.807) is 28.9 Å². The second-order valence-electron chi connectivity index (χ2n) is 9.40. The Bertz CT molecular complexity index is 1260. The molecule has 0 radical (unpaired) electrons. The fraction of sp³-hybridized carbons (Fsp3) is 0.346. The molecular formula is C26H30ClF2N5O3. The van der Waals surface area contributed by atoms with Crippen LogP contribution in [0.25, 0.3) is 5.69 Å². The topological polar surface area (TPSA) is 88.5 Å². The number of halogens is 3. The van der Waals surface area contributed by atoms with E-state index < -0.39 is 23.6 Å². The number of aromatic nitrogens is 2. The molecule has 1 heterocycles. The average Bonchev–Trinajstić information content (AvgIpc) is 3.24. The smallest absolute Gasteiger partial charge is 0.322 e. The highest BCUT2D eigenvalue weighted by Crippen LogP contribution is 2.29. The minimum absolute atomic E-state index is 0.160. The predicted molar refractivity (Wildman–Crippen MR) is 139 cm³/mol. The van der Waals surface area contributed by atoms with Gasteiger partial charge in [0.05, 0.1) is 22.1 Å². The lowest BCUT2D eigenvalue weighted by Gasteiger charge is -2.23. The average molecular weight is 534 g/mol. The summed E-state index contributed by atoms with van der Waals surface area (Å²) >= 11 is 6.39. The Morgan fingerprint density at radius 1 is 1.11 bits per heavy atom. The number of carbonyl (C=O) groups is 2. The second-order valence-corrected chi connectivity index (χ2v) is 9.81. The van der Waals surface area contributed by atoms with Crippen molar-refractivity contribution >= 4 is 35.0 Å². The first-order valence-electron chi connectivity index (χ1n) is 11.6. The number of urea groups is 1. The zero-order chi connectivity index (χ0) is 27.2. The largest absolute Gasteiger partial charge is 0.385 e. The van der Waals surface area contributed by atoms with Gasteiger partial charge in [0.25, 0.3) is 0 Å². The highest BCUT2D eigenvalue weighted by Gasteiger charge is 2.24. The highest BCUT2D eigenvalue weighted by atomic mass is 35.5. The maximum absolute atomic E-state index is 14.1. The summed E-state index contributed by atoms with van der Waals surface area (Å²) < 4.78 is 33.9. The minimum Gasteiger partial charge on any atom is -0.385 e. The van der Waals surface area contributed by atoms with Crippen LogP contribution in [0.4, 0.5) is 25.1 Å². The molecule has 0 aliphatic carbocycles. The van der Waals surface area contributed by atoms with E-state index in [-0.39, 0.29) is 24.2 Å². The second kappa shape index (κ2) is 12.2. The molecule has 3 rings (SSSR count). The first kappa shape index (κ1) is 28.1. The molecule has 2 aromatic carbocycles. The zero-order valence-corrected chi connectivity index (χ0v) is 21.9. The number of carbonyl (C=O) groups excluding carboxylic acids is 2. The van der Waals surface area contributed by atoms with Crippen LogP contribution >= 0.6 is 11.6 Å². The third-order valence-electron chi connectivity index (χ3n) is 5.40. The van der Waals surface area contributed by atoms with Gasteiger partial charge in [-0.25, -0.2) is 18.3 Å². The van der Waals surface area contributed by atoms with Gasteiger partial charge in [0.1, 0.15) is 24.0 Å². The SMILES string of the molecule is COCCCN(CC(=O)Nc1cc(C(C)(C)C)nn1-c1ccccc1Cl)C(=O)Nc1ccc(F)cc1F. The minimum atomic E-state index is -0.923. The van der Waals surface area contributed by atoms with Crippen LogP contribution in [0.15, 0.2) is 48.5 Å². The van der Waals surface area contributed by atoms with Gasteiger partial charge in [0.2, 0.25) is 5.91 Å². The van der Waals surface area contributed by atoms with Crippen LogP contribution in [0.2, 0.25) is 5.02 Å². The molecule has 37 heavy (non-hydrogen) atoms. The van der Waals surface area contributed by atoms with Gasteiger partial charge in [0.15, 0.2) is 0 Å². The Kier molecular flexibility index (Phi) is 9.23. The summed E-state index contributed by atoms with van der Waals surface area (Å²) in [4.78, 5) is 27.2. The summed E-state index contributed by atoms with van der Waals surface area (Å²) in [7, 11) is 1.52. The summed E-state index contributed by atoms with van der Waals surface area (Å²) in [6.07, 6.45) is 0.439. The van der Waals surface area contributed by atoms with Crippen LogP contribution < -0.4 is 10.6 Å². The van der Waals surface area contributed by atoms with Crippen LogP contribution in [0.5, 0.6) is 0 Å². The molecule has 0 bridgehead atoms. The fourth-order valence-corrected chi connectivity index (χ4v) is 3.65. The molecule has 1 aromatic heterocycles. The van der Waals surface area contributed by atoms with Crippen molar-refractivity contribution in [3.63, 3.8) is 0 Å². The molecule has 0 unspecified atom stereocenters. The number of anilines is 2. The van der Waals surface area contributed by atoms with Gasteiger partial charge < -0.3 is 20.3 Å². The molecule has 198 valence electrons. The monoisotopic (exact) mass is 533 g/mol. The molecular weight excluding hydrogens is 504 g/mol. The van der Waals surface area contributed by atoms with Gasteiger partial charge in [-0.05, 0) is 30.7 Å². The summed E-state index contributed by atoms with van der Waals surface area (Å²) in [5.74, 6) is -1.81. The van der Waals surface area contributed by atoms with Crippen LogP contribution in [0.3, 0.4) is 0 Å². The summed E-state index contributed by atoms with van der Waals surface area (Å²) in [6, 6.07) is 10.9. The van der Waals surface area contributed by atoms with Gasteiger partial charge in [0, 0.05) is 37.8 Å². The molecule has 0 fully saturated rings. The molecule has 0 aliphatic heterocycles. The molecule has 11 heteroatoms. The van der Waals surface area contributed by atoms with Crippen molar-refractivity contribution in [3.05, 3.63) is 70.9 Å². The van der Waals surface area contributed by atoms with Gasteiger partial charge >= 0.3 is 6.03 Å². The van der Waals surface area contributed by atoms with Crippen molar-refractivity contribution in [1.82, 2.24) is 14.7 Å². The van der Waals surface area contributed by atoms with Crippen molar-refractivity contribution in [3.8, 4) is 5.69 Å². The third-order valence-corrected chi connectivity index (χ3v) is 5.72. The van der Waals surface area contributed by atoms with Crippen molar-refractivity contribution in [1.29, 1.82) is 0 Å². The van der Waals surface area contributed by atoms with Crippen LogP contribution in [0.1, 0.15) is 32.9 Å². The Balaban J connectivity index is 1.82. The molecule has 3 aromatic rings. The first-order valence-corrected chi connectivity index (χ1v) is 12.0. The molecule has 8 nitrogen and oxygen atoms in total. The number of hydrogen-bond acceptors (Lipinski definition) is 4. The number of amides is 3. The van der Waals surface area contributed by atoms with E-state index in [1.165, 1.54) is 12.0 Å². The van der Waals surface area contributed by atoms with E-state index in [4.69, 9.17) is 16.3 Å². The maximum Gasteiger partial charge on any atom is 0.322 e. The van der Waals surface area contributed by atoms with Crippen molar-refractivity contribution in [2.24, 2.45) is 0 Å². The van der Waals surface area contributed by atoms with E-state index in [0.29, 0.717) is 35.6 Å². The van der Waals surface area contributed by atoms with E-state index >= 15 is 0 Å². The van der Waals surface area contributed by atoms with Crippen LogP contribution in [0, 0.1) is 11.6 Å². The summed E-state index contributed by atoms with van der Waals surface area (Å²) in [5, 5.41) is 10.3. The van der Waals surface area contributed by atoms with Gasteiger partial charge in [-0.1, -0.05) is 44.5 Å². The number of nitrogens with zero attached hydrogens (tertiary/aromatic N) is 3. The molecule has 0 atom stereocenters. The number of nitrogens with one attached hydrogen (secondary N) is 2. The Labute approximate surface area is 219 Å². The van der Waals surface area contributed by atoms with Crippen LogP contribution in [-0.2, 0) is 14.9 Å². The van der Waals surface area contributed by atoms with E-state index in [9.17, 15) is 18.4 Å². The number of hydrogen-bond donors (Lipinski definition) is 2. The summed E-state index contributed by atoms with van der Waals surface area (Å²) in [5.41, 5.74) is 0.799. The number of ether oxygens (including phenoxy) is 1.